The summed E-state index contributed by atoms with van der Waals surface area (Å²) in [5.74, 6) is 1.61. The first kappa shape index (κ1) is 21.8. The topological polar surface area (TPSA) is 99.8 Å². The second kappa shape index (κ2) is 9.80. The van der Waals surface area contributed by atoms with Crippen molar-refractivity contribution in [1.82, 2.24) is 15.5 Å². The Morgan fingerprint density at radius 2 is 2.03 bits per heavy atom. The molecule has 0 aliphatic carbocycles. The molecular weight excluding hydrogens is 416 g/mol. The van der Waals surface area contributed by atoms with Gasteiger partial charge in [0.2, 0.25) is 11.8 Å². The lowest BCUT2D eigenvalue weighted by Gasteiger charge is -2.24. The summed E-state index contributed by atoms with van der Waals surface area (Å²) in [6.07, 6.45) is 4.74. The molecule has 3 aliphatic rings. The van der Waals surface area contributed by atoms with E-state index in [1.807, 2.05) is 11.8 Å². The van der Waals surface area contributed by atoms with Gasteiger partial charge in [-0.2, -0.15) is 11.8 Å². The molecule has 3 saturated heterocycles. The van der Waals surface area contributed by atoms with E-state index >= 15 is 0 Å². The minimum Gasteiger partial charge on any atom is -0.497 e. The van der Waals surface area contributed by atoms with E-state index in [0.29, 0.717) is 30.3 Å². The molecule has 3 heterocycles. The number of likely N-dealkylation sites (tertiary alicyclic amines) is 1. The van der Waals surface area contributed by atoms with Crippen LogP contribution in [0.5, 0.6) is 5.75 Å². The molecule has 4 atom stereocenters. The summed E-state index contributed by atoms with van der Waals surface area (Å²) in [4.78, 5) is 38.7. The predicted octanol–water partition coefficient (Wildman–Crippen LogP) is 2.35. The van der Waals surface area contributed by atoms with E-state index in [2.05, 4.69) is 16.0 Å². The minimum absolute atomic E-state index is 0.0557. The number of ether oxygens (including phenoxy) is 1. The summed E-state index contributed by atoms with van der Waals surface area (Å²) < 4.78 is 5.14. The van der Waals surface area contributed by atoms with E-state index < -0.39 is 6.04 Å². The first-order valence-corrected chi connectivity index (χ1v) is 12.0. The normalized spacial score (nSPS) is 26.9. The zero-order valence-electron chi connectivity index (χ0n) is 17.8. The third kappa shape index (κ3) is 5.08. The number of methoxy groups -OCH3 is 1. The predicted molar refractivity (Wildman–Crippen MR) is 120 cm³/mol. The molecule has 3 aliphatic heterocycles. The number of nitrogens with zero attached hydrogens (tertiary/aromatic N) is 1. The van der Waals surface area contributed by atoms with Crippen molar-refractivity contribution < 1.29 is 19.1 Å². The second-order valence-electron chi connectivity index (χ2n) is 8.33. The molecule has 0 bridgehead atoms. The van der Waals surface area contributed by atoms with Crippen molar-refractivity contribution in [3.8, 4) is 5.75 Å². The van der Waals surface area contributed by atoms with Gasteiger partial charge in [0.1, 0.15) is 11.8 Å². The molecule has 4 amide bonds. The number of thioether (sulfide) groups is 1. The SMILES string of the molecule is COc1ccc(NC(=O)[C@H]2CCCN2C(=O)CCCC[C@@H]2SC[C@@H]3NC(=O)N[C@@H]32)cc1. The number of amides is 4. The van der Waals surface area contributed by atoms with Gasteiger partial charge in [-0.05, 0) is 49.9 Å². The summed E-state index contributed by atoms with van der Waals surface area (Å²) in [5, 5.41) is 9.29. The molecule has 0 unspecified atom stereocenters. The van der Waals surface area contributed by atoms with Crippen LogP contribution < -0.4 is 20.7 Å². The maximum absolute atomic E-state index is 12.8. The van der Waals surface area contributed by atoms with Gasteiger partial charge >= 0.3 is 6.03 Å². The first-order chi connectivity index (χ1) is 15.0. The molecule has 8 nitrogen and oxygen atoms in total. The van der Waals surface area contributed by atoms with Crippen LogP contribution in [0.1, 0.15) is 38.5 Å². The van der Waals surface area contributed by atoms with Gasteiger partial charge in [-0.25, -0.2) is 4.79 Å². The van der Waals surface area contributed by atoms with Gasteiger partial charge in [0.05, 0.1) is 19.2 Å². The maximum Gasteiger partial charge on any atom is 0.315 e. The standard InChI is InChI=1S/C22H30N4O4S/c1-30-15-10-8-14(9-11-15)23-21(28)17-5-4-12-26(17)19(27)7-3-2-6-18-20-16(13-31-18)24-22(29)25-20/h8-11,16-18,20H,2-7,12-13H2,1H3,(H,23,28)(H2,24,25,29)/t16-,17+,18-,20-/m0/s1. The fourth-order valence-corrected chi connectivity index (χ4v) is 6.19. The highest BCUT2D eigenvalue weighted by Gasteiger charge is 2.42. The Hall–Kier alpha value is -2.42. The lowest BCUT2D eigenvalue weighted by atomic mass is 10.0. The van der Waals surface area contributed by atoms with Crippen LogP contribution in [0.3, 0.4) is 0 Å². The highest BCUT2D eigenvalue weighted by atomic mass is 32.2. The number of urea groups is 1. The largest absolute Gasteiger partial charge is 0.497 e. The minimum atomic E-state index is -0.402. The van der Waals surface area contributed by atoms with E-state index in [0.717, 1.165) is 37.2 Å². The number of fused-ring (bicyclic) bond motifs is 1. The van der Waals surface area contributed by atoms with E-state index in [4.69, 9.17) is 4.74 Å². The highest BCUT2D eigenvalue weighted by Crippen LogP contribution is 2.33. The summed E-state index contributed by atoms with van der Waals surface area (Å²) in [6.45, 7) is 0.638. The number of anilines is 1. The van der Waals surface area contributed by atoms with Gasteiger partial charge < -0.3 is 25.6 Å². The Labute approximate surface area is 186 Å². The van der Waals surface area contributed by atoms with Gasteiger partial charge in [0.25, 0.3) is 0 Å². The number of nitrogens with one attached hydrogen (secondary N) is 3. The third-order valence-electron chi connectivity index (χ3n) is 6.30. The van der Waals surface area contributed by atoms with Crippen LogP contribution in [0, 0.1) is 0 Å². The molecule has 168 valence electrons. The number of rotatable bonds is 8. The number of unbranched alkanes of at least 4 members (excludes halogenated alkanes) is 1. The Kier molecular flexibility index (Phi) is 6.89. The van der Waals surface area contributed by atoms with Crippen molar-refractivity contribution in [3.05, 3.63) is 24.3 Å². The molecular formula is C22H30N4O4S. The van der Waals surface area contributed by atoms with Crippen molar-refractivity contribution in [1.29, 1.82) is 0 Å². The fourth-order valence-electron chi connectivity index (χ4n) is 4.65. The van der Waals surface area contributed by atoms with Crippen LogP contribution in [-0.2, 0) is 9.59 Å². The Morgan fingerprint density at radius 1 is 1.23 bits per heavy atom. The number of hydrogen-bond donors (Lipinski definition) is 3. The van der Waals surface area contributed by atoms with Crippen LogP contribution in [0.15, 0.2) is 24.3 Å². The fraction of sp³-hybridized carbons (Fsp3) is 0.591. The van der Waals surface area contributed by atoms with E-state index in [1.165, 1.54) is 0 Å². The molecule has 9 heteroatoms. The summed E-state index contributed by atoms with van der Waals surface area (Å²) in [6, 6.07) is 7.16. The van der Waals surface area contributed by atoms with Crippen molar-refractivity contribution >= 4 is 35.3 Å². The van der Waals surface area contributed by atoms with Gasteiger partial charge in [-0.3, -0.25) is 9.59 Å². The monoisotopic (exact) mass is 446 g/mol. The molecule has 31 heavy (non-hydrogen) atoms. The summed E-state index contributed by atoms with van der Waals surface area (Å²) in [5.41, 5.74) is 0.700. The number of hydrogen-bond acceptors (Lipinski definition) is 5. The lowest BCUT2D eigenvalue weighted by Crippen LogP contribution is -2.43. The van der Waals surface area contributed by atoms with Gasteiger partial charge in [0.15, 0.2) is 0 Å². The Bertz CT molecular complexity index is 818. The van der Waals surface area contributed by atoms with E-state index in [9.17, 15) is 14.4 Å². The molecule has 1 aromatic carbocycles. The average Bonchev–Trinajstić information content (AvgIpc) is 3.48. The van der Waals surface area contributed by atoms with Crippen molar-refractivity contribution in [2.45, 2.75) is 61.9 Å². The van der Waals surface area contributed by atoms with Gasteiger partial charge in [0, 0.05) is 29.7 Å². The van der Waals surface area contributed by atoms with E-state index in [1.54, 1.807) is 36.3 Å². The molecule has 0 spiro atoms. The zero-order chi connectivity index (χ0) is 21.8. The molecule has 1 aromatic rings. The maximum atomic E-state index is 12.8. The third-order valence-corrected chi connectivity index (χ3v) is 7.81. The van der Waals surface area contributed by atoms with Crippen LogP contribution in [0.2, 0.25) is 0 Å². The van der Waals surface area contributed by atoms with Crippen molar-refractivity contribution in [2.24, 2.45) is 0 Å². The summed E-state index contributed by atoms with van der Waals surface area (Å²) >= 11 is 1.89. The second-order valence-corrected chi connectivity index (χ2v) is 9.60. The number of carbonyl (C=O) groups is 3. The van der Waals surface area contributed by atoms with E-state index in [-0.39, 0.29) is 29.9 Å². The molecule has 3 fully saturated rings. The number of benzene rings is 1. The Balaban J connectivity index is 1.21. The number of carbonyl (C=O) groups excluding carboxylic acids is 3. The molecule has 0 radical (unpaired) electrons. The average molecular weight is 447 g/mol. The lowest BCUT2D eigenvalue weighted by molar-refractivity contribution is -0.136. The van der Waals surface area contributed by atoms with Crippen LogP contribution in [0.25, 0.3) is 0 Å². The molecule has 0 saturated carbocycles. The quantitative estimate of drug-likeness (QED) is 0.421. The van der Waals surface area contributed by atoms with Crippen LogP contribution in [0.4, 0.5) is 10.5 Å². The first-order valence-electron chi connectivity index (χ1n) is 11.0. The van der Waals surface area contributed by atoms with Gasteiger partial charge in [-0.15, -0.1) is 0 Å². The smallest absolute Gasteiger partial charge is 0.315 e. The van der Waals surface area contributed by atoms with Crippen LogP contribution in [-0.4, -0.2) is 65.5 Å². The molecule has 4 rings (SSSR count). The van der Waals surface area contributed by atoms with Gasteiger partial charge in [-0.1, -0.05) is 6.42 Å². The van der Waals surface area contributed by atoms with Crippen LogP contribution >= 0.6 is 11.8 Å². The Morgan fingerprint density at radius 3 is 2.81 bits per heavy atom. The van der Waals surface area contributed by atoms with Crippen molar-refractivity contribution in [2.75, 3.05) is 24.7 Å². The van der Waals surface area contributed by atoms with Crippen molar-refractivity contribution in [3.63, 3.8) is 0 Å². The highest BCUT2D eigenvalue weighted by molar-refractivity contribution is 8.00. The zero-order valence-corrected chi connectivity index (χ0v) is 18.6. The molecule has 3 N–H and O–H groups in total. The summed E-state index contributed by atoms with van der Waals surface area (Å²) in [7, 11) is 1.60. The molecule has 0 aromatic heterocycles.